The zero-order chi connectivity index (χ0) is 44.3. The number of aliphatic hydroxyl groups excluding tert-OH is 1. The molecule has 6 aliphatic carbocycles. The number of carbonyl (C=O) groups excluding carboxylic acids is 4. The predicted molar refractivity (Wildman–Crippen MR) is 226 cm³/mol. The van der Waals surface area contributed by atoms with Gasteiger partial charge in [-0.25, -0.2) is 4.98 Å². The summed E-state index contributed by atoms with van der Waals surface area (Å²) in [6, 6.07) is 0. The number of Topliss-reactive ketones (excluding diaryl/α,β-unsaturated/α-hetero) is 1. The van der Waals surface area contributed by atoms with Crippen molar-refractivity contribution in [2.75, 3.05) is 6.54 Å². The van der Waals surface area contributed by atoms with Crippen LogP contribution in [0.25, 0.3) is 0 Å². The fourth-order valence-corrected chi connectivity index (χ4v) is 14.8. The zero-order valence-electron chi connectivity index (χ0n) is 38.3. The van der Waals surface area contributed by atoms with Crippen LogP contribution in [0.1, 0.15) is 151 Å². The Morgan fingerprint density at radius 2 is 1.60 bits per heavy atom. The van der Waals surface area contributed by atoms with Gasteiger partial charge in [0, 0.05) is 43.2 Å². The average Bonchev–Trinajstić information content (AvgIpc) is 3.71. The molecule has 0 saturated heterocycles. The molecule has 0 unspecified atom stereocenters. The number of hydrogen-bond donors (Lipinski definition) is 4. The van der Waals surface area contributed by atoms with Gasteiger partial charge in [-0.05, 0) is 123 Å². The number of imidazole rings is 1. The second kappa shape index (κ2) is 14.5. The maximum atomic E-state index is 14.2. The summed E-state index contributed by atoms with van der Waals surface area (Å²) >= 11 is 0. The third-order valence-electron chi connectivity index (χ3n) is 18.6. The molecule has 332 valence electrons. The lowest BCUT2D eigenvalue weighted by molar-refractivity contribution is -0.238. The standard InChI is InChI=1S/C48H72N4O8/c1-26(2)35-30(53)24-48(33(54)25-50-41(59)44(7,8)51-38(55)37-49-21-22-52(37)12)20-19-46(10)27(36(35)48)13-14-32-45(9)17-16-34(43(5,6)31(45)15-18-47(32,46)11)60-40(58)29-23-28(39(56)57)42(29,3)4/h21-22,26-29,31-34,54H,13-20,23-25H2,1-12H3,(H,50,59)(H,51,55)(H,56,57)/t27-,28+,29-,31+,32-,33+,34+,45+,46-,47-,48+/m1/s1. The summed E-state index contributed by atoms with van der Waals surface area (Å²) < 4.78 is 7.99. The number of fused-ring (bicyclic) bond motifs is 7. The number of ether oxygens (including phenoxy) is 1. The van der Waals surface area contributed by atoms with Crippen LogP contribution in [-0.4, -0.2) is 73.6 Å². The number of allylic oxidation sites excluding steroid dienone is 1. The molecule has 6 aliphatic rings. The van der Waals surface area contributed by atoms with Gasteiger partial charge in [0.2, 0.25) is 5.91 Å². The SMILES string of the molecule is CC(C)C1=C2[C@H]3CC[C@@H]4[C@@]5(C)CC[C@H](OC(=O)[C@H]6C[C@@H](C(=O)O)C6(C)C)C(C)(C)[C@@H]5CC[C@@]4(C)[C@]3(C)CC[C@@]2([C@@H](O)CNC(=O)C(C)(C)NC(=O)c2nccn2C)CC1=O. The maximum absolute atomic E-state index is 14.2. The molecular formula is C48H72N4O8. The van der Waals surface area contributed by atoms with Crippen LogP contribution in [0, 0.1) is 68.0 Å². The molecule has 12 heteroatoms. The third-order valence-corrected chi connectivity index (χ3v) is 18.6. The number of esters is 1. The number of carboxylic acid groups (broad SMARTS) is 1. The summed E-state index contributed by atoms with van der Waals surface area (Å²) in [5.74, 6) is -1.79. The topological polar surface area (TPSA) is 177 Å². The number of carbonyl (C=O) groups is 5. The molecule has 0 bridgehead atoms. The molecule has 11 atom stereocenters. The van der Waals surface area contributed by atoms with Gasteiger partial charge < -0.3 is 30.2 Å². The molecule has 0 radical (unpaired) electrons. The number of rotatable bonds is 10. The first kappa shape index (κ1) is 44.5. The Labute approximate surface area is 356 Å². The van der Waals surface area contributed by atoms with E-state index in [4.69, 9.17) is 4.74 Å². The molecule has 1 aromatic rings. The molecule has 2 amide bonds. The number of amides is 2. The number of aliphatic carboxylic acids is 1. The Bertz CT molecular complexity index is 2000. The van der Waals surface area contributed by atoms with Crippen LogP contribution in [0.2, 0.25) is 0 Å². The van der Waals surface area contributed by atoms with Crippen LogP contribution in [0.3, 0.4) is 0 Å². The van der Waals surface area contributed by atoms with Gasteiger partial charge in [-0.1, -0.05) is 67.9 Å². The fourth-order valence-electron chi connectivity index (χ4n) is 14.8. The predicted octanol–water partition coefficient (Wildman–Crippen LogP) is 7.05. The van der Waals surface area contributed by atoms with Crippen LogP contribution in [-0.2, 0) is 31.0 Å². The number of carboxylic acids is 1. The minimum Gasteiger partial charge on any atom is -0.481 e. The number of nitrogens with one attached hydrogen (secondary N) is 2. The molecule has 1 heterocycles. The Balaban J connectivity index is 1.10. The van der Waals surface area contributed by atoms with E-state index < -0.39 is 52.1 Å². The Kier molecular flexibility index (Phi) is 10.8. The third kappa shape index (κ3) is 6.36. The molecule has 5 fully saturated rings. The smallest absolute Gasteiger partial charge is 0.309 e. The van der Waals surface area contributed by atoms with E-state index in [2.05, 4.69) is 64.1 Å². The van der Waals surface area contributed by atoms with Gasteiger partial charge in [0.25, 0.3) is 5.91 Å². The zero-order valence-corrected chi connectivity index (χ0v) is 38.3. The second-order valence-electron chi connectivity index (χ2n) is 22.8. The lowest BCUT2D eigenvalue weighted by Crippen LogP contribution is -2.66. The largest absolute Gasteiger partial charge is 0.481 e. The molecule has 12 nitrogen and oxygen atoms in total. The van der Waals surface area contributed by atoms with Crippen molar-refractivity contribution in [3.8, 4) is 0 Å². The van der Waals surface area contributed by atoms with E-state index in [1.807, 2.05) is 13.8 Å². The quantitative estimate of drug-likeness (QED) is 0.180. The van der Waals surface area contributed by atoms with Crippen molar-refractivity contribution in [3.63, 3.8) is 0 Å². The molecular weight excluding hydrogens is 761 g/mol. The normalized spacial score (nSPS) is 38.4. The molecule has 5 saturated carbocycles. The summed E-state index contributed by atoms with van der Waals surface area (Å²) in [6.45, 7) is 23.2. The summed E-state index contributed by atoms with van der Waals surface area (Å²) in [5.41, 5.74) is -1.11. The summed E-state index contributed by atoms with van der Waals surface area (Å²) in [4.78, 5) is 70.3. The first-order chi connectivity index (χ1) is 27.7. The van der Waals surface area contributed by atoms with Crippen molar-refractivity contribution in [3.05, 3.63) is 29.4 Å². The fraction of sp³-hybridized carbons (Fsp3) is 0.792. The van der Waals surface area contributed by atoms with Crippen LogP contribution < -0.4 is 10.6 Å². The Morgan fingerprint density at radius 3 is 2.20 bits per heavy atom. The van der Waals surface area contributed by atoms with Crippen LogP contribution in [0.5, 0.6) is 0 Å². The number of aliphatic hydroxyl groups is 1. The highest BCUT2D eigenvalue weighted by Crippen LogP contribution is 2.77. The number of hydrogen-bond acceptors (Lipinski definition) is 8. The number of aryl methyl sites for hydroxylation is 1. The molecule has 60 heavy (non-hydrogen) atoms. The van der Waals surface area contributed by atoms with Crippen LogP contribution in [0.4, 0.5) is 0 Å². The number of ketones is 1. The molecule has 0 spiro atoms. The van der Waals surface area contributed by atoms with E-state index in [0.29, 0.717) is 24.7 Å². The highest BCUT2D eigenvalue weighted by atomic mass is 16.5. The van der Waals surface area contributed by atoms with Crippen molar-refractivity contribution in [1.29, 1.82) is 0 Å². The van der Waals surface area contributed by atoms with E-state index in [1.54, 1.807) is 31.7 Å². The van der Waals surface area contributed by atoms with Crippen molar-refractivity contribution >= 4 is 29.5 Å². The van der Waals surface area contributed by atoms with Crippen LogP contribution in [0.15, 0.2) is 23.5 Å². The van der Waals surface area contributed by atoms with Crippen molar-refractivity contribution in [2.24, 2.45) is 75.0 Å². The first-order valence-electron chi connectivity index (χ1n) is 22.7. The van der Waals surface area contributed by atoms with Gasteiger partial charge in [-0.3, -0.25) is 24.0 Å². The van der Waals surface area contributed by atoms with Gasteiger partial charge in [0.15, 0.2) is 11.6 Å². The number of nitrogens with zero attached hydrogens (tertiary/aromatic N) is 2. The Morgan fingerprint density at radius 1 is 0.917 bits per heavy atom. The second-order valence-corrected chi connectivity index (χ2v) is 22.8. The van der Waals surface area contributed by atoms with Gasteiger partial charge in [0.05, 0.1) is 17.9 Å². The first-order valence-corrected chi connectivity index (χ1v) is 22.7. The maximum Gasteiger partial charge on any atom is 0.309 e. The van der Waals surface area contributed by atoms with Crippen LogP contribution >= 0.6 is 0 Å². The van der Waals surface area contributed by atoms with Crippen molar-refractivity contribution in [2.45, 2.75) is 158 Å². The molecule has 1 aromatic heterocycles. The van der Waals surface area contributed by atoms with Crippen molar-refractivity contribution in [1.82, 2.24) is 20.2 Å². The van der Waals surface area contributed by atoms with Gasteiger partial charge in [-0.15, -0.1) is 0 Å². The highest BCUT2D eigenvalue weighted by molar-refractivity contribution is 6.01. The average molecular weight is 833 g/mol. The van der Waals surface area contributed by atoms with E-state index in [1.165, 1.54) is 6.20 Å². The molecule has 0 aromatic carbocycles. The molecule has 4 N–H and O–H groups in total. The molecule has 0 aliphatic heterocycles. The van der Waals surface area contributed by atoms with E-state index in [9.17, 15) is 34.2 Å². The highest BCUT2D eigenvalue weighted by Gasteiger charge is 2.71. The van der Waals surface area contributed by atoms with Gasteiger partial charge in [0.1, 0.15) is 11.6 Å². The summed E-state index contributed by atoms with van der Waals surface area (Å²) in [6.07, 6.45) is 9.73. The van der Waals surface area contributed by atoms with Gasteiger partial charge in [-0.2, -0.15) is 0 Å². The summed E-state index contributed by atoms with van der Waals surface area (Å²) in [7, 11) is 1.71. The van der Waals surface area contributed by atoms with E-state index >= 15 is 0 Å². The lowest BCUT2D eigenvalue weighted by Gasteiger charge is -2.72. The monoisotopic (exact) mass is 833 g/mol. The number of aromatic nitrogens is 2. The minimum absolute atomic E-state index is 0.00289. The Hall–Kier alpha value is -3.54. The van der Waals surface area contributed by atoms with Gasteiger partial charge >= 0.3 is 11.9 Å². The molecule has 7 rings (SSSR count). The van der Waals surface area contributed by atoms with E-state index in [-0.39, 0.29) is 70.1 Å². The van der Waals surface area contributed by atoms with Crippen molar-refractivity contribution < 1.29 is 38.9 Å². The lowest BCUT2D eigenvalue weighted by atomic mass is 9.33. The summed E-state index contributed by atoms with van der Waals surface area (Å²) in [5, 5.41) is 27.7. The minimum atomic E-state index is -1.28. The van der Waals surface area contributed by atoms with E-state index in [0.717, 1.165) is 56.1 Å².